The molecule has 13 heavy (non-hydrogen) atoms. The molecular formula is C7H8N2OW3. The van der Waals surface area contributed by atoms with E-state index < -0.39 is 0 Å². The summed E-state index contributed by atoms with van der Waals surface area (Å²) in [5.41, 5.74) is 0. The van der Waals surface area contributed by atoms with Crippen LogP contribution in [0.2, 0.25) is 0 Å². The van der Waals surface area contributed by atoms with Crippen molar-refractivity contribution in [1.82, 2.24) is 4.90 Å². The zero-order chi connectivity index (χ0) is 10.6. The number of carbonyl (C=O) groups excluding carboxylic acids is 1. The average Bonchev–Trinajstić information content (AvgIpc) is 2.03. The van der Waals surface area contributed by atoms with Gasteiger partial charge in [0.1, 0.15) is 0 Å². The maximum absolute atomic E-state index is 11.4. The quantitative estimate of drug-likeness (QED) is 0.318. The summed E-state index contributed by atoms with van der Waals surface area (Å²) in [7, 11) is 0. The van der Waals surface area contributed by atoms with E-state index in [9.17, 15) is 4.79 Å². The molecule has 0 saturated carbocycles. The Morgan fingerprint density at radius 3 is 2.08 bits per heavy atom. The monoisotopic (exact) mass is 688 g/mol. The first-order valence-corrected chi connectivity index (χ1v) is 7.93. The van der Waals surface area contributed by atoms with Gasteiger partial charge in [-0.05, 0) is 0 Å². The van der Waals surface area contributed by atoms with Gasteiger partial charge in [0, 0.05) is 0 Å². The number of amidine groups is 1. The molecule has 0 unspecified atom stereocenters. The van der Waals surface area contributed by atoms with E-state index in [1.165, 1.54) is 43.6 Å². The summed E-state index contributed by atoms with van der Waals surface area (Å²) in [6, 6.07) is 0. The van der Waals surface area contributed by atoms with Crippen LogP contribution in [0.15, 0.2) is 0 Å². The predicted molar refractivity (Wildman–Crippen MR) is 42.0 cm³/mol. The molecule has 0 rings (SSSR count). The molecule has 0 aliphatic carbocycles. The van der Waals surface area contributed by atoms with E-state index in [0.29, 0.717) is 5.84 Å². The minimum atomic E-state index is -0.0758. The number of carbonyl (C=O) groups is 1. The normalized spacial score (nSPS) is 8.77. The molecule has 1 amide bonds. The molecule has 0 fully saturated rings. The second-order valence-corrected chi connectivity index (χ2v) is 7.38. The third kappa shape index (κ3) is 4.23. The minimum absolute atomic E-state index is 0.0758. The van der Waals surface area contributed by atoms with Gasteiger partial charge in [0.15, 0.2) is 0 Å². The molecular weight excluding hydrogens is 680 g/mol. The number of hydrogen-bond acceptors (Lipinski definition) is 2. The first kappa shape index (κ1) is 13.8. The van der Waals surface area contributed by atoms with Crippen molar-refractivity contribution in [2.75, 3.05) is 0 Å². The van der Waals surface area contributed by atoms with E-state index in [1.807, 2.05) is 13.8 Å². The van der Waals surface area contributed by atoms with Crippen molar-refractivity contribution in [3.8, 4) is 0 Å². The molecule has 3 nitrogen and oxygen atoms in total. The standard InChI is InChI=1S/C7H8N2O.3W/c1-4-7(8)9(5-2)6(3)10;;;/h3,8H,1-2H3;;;. The Morgan fingerprint density at radius 1 is 1.38 bits per heavy atom. The number of nitrogens with one attached hydrogen (secondary N) is 1. The van der Waals surface area contributed by atoms with Gasteiger partial charge in [0.25, 0.3) is 0 Å². The van der Waals surface area contributed by atoms with Gasteiger partial charge in [-0.15, -0.1) is 0 Å². The maximum atomic E-state index is 11.4. The Morgan fingerprint density at radius 2 is 1.85 bits per heavy atom. The fraction of sp³-hybridized carbons (Fsp3) is 0.286. The predicted octanol–water partition coefficient (Wildman–Crippen LogP) is -0.423. The van der Waals surface area contributed by atoms with E-state index in [4.69, 9.17) is 5.41 Å². The molecule has 0 spiro atoms. The van der Waals surface area contributed by atoms with Gasteiger partial charge in [0.05, 0.1) is 0 Å². The van der Waals surface area contributed by atoms with Crippen LogP contribution in [0, 0.1) is 5.41 Å². The Kier molecular flexibility index (Phi) is 6.72. The SMILES string of the molecule is C[C](=[W])C(=N)N(C(=O)[CH]=[W])[C](C)=[W]. The molecule has 0 aliphatic heterocycles. The molecule has 0 aromatic heterocycles. The van der Waals surface area contributed by atoms with Crippen molar-refractivity contribution in [3.63, 3.8) is 0 Å². The fourth-order valence-electron chi connectivity index (χ4n) is 0.633. The first-order valence-electron chi connectivity index (χ1n) is 3.31. The number of hydrogen-bond donors (Lipinski definition) is 1. The van der Waals surface area contributed by atoms with Crippen molar-refractivity contribution in [1.29, 1.82) is 5.41 Å². The Hall–Kier alpha value is 0.815. The molecule has 0 aliphatic rings. The number of rotatable bonds is 3. The van der Waals surface area contributed by atoms with Crippen LogP contribution in [0.5, 0.6) is 0 Å². The first-order chi connectivity index (χ1) is 5.91. The van der Waals surface area contributed by atoms with Crippen molar-refractivity contribution in [2.45, 2.75) is 13.8 Å². The van der Waals surface area contributed by atoms with Crippen LogP contribution in [-0.4, -0.2) is 29.0 Å². The number of amides is 1. The molecule has 0 aromatic carbocycles. The van der Waals surface area contributed by atoms with Gasteiger partial charge in [0.2, 0.25) is 0 Å². The van der Waals surface area contributed by atoms with Gasteiger partial charge in [-0.25, -0.2) is 0 Å². The summed E-state index contributed by atoms with van der Waals surface area (Å²) < 4.78 is 3.43. The molecule has 0 bridgehead atoms. The van der Waals surface area contributed by atoms with Crippen LogP contribution >= 0.6 is 0 Å². The summed E-state index contributed by atoms with van der Waals surface area (Å²) in [6.45, 7) is 3.75. The van der Waals surface area contributed by atoms with E-state index in [0.717, 1.165) is 27.3 Å². The zero-order valence-electron chi connectivity index (χ0n) is 7.16. The number of nitrogens with zero attached hydrogens (tertiary/aromatic N) is 1. The van der Waals surface area contributed by atoms with E-state index in [2.05, 4.69) is 0 Å². The van der Waals surface area contributed by atoms with Crippen molar-refractivity contribution in [2.24, 2.45) is 0 Å². The average molecular weight is 688 g/mol. The summed E-state index contributed by atoms with van der Waals surface area (Å²) >= 11 is 3.58. The second kappa shape index (κ2) is 6.33. The fourth-order valence-corrected chi connectivity index (χ4v) is 1.99. The van der Waals surface area contributed by atoms with E-state index in [-0.39, 0.29) is 5.91 Å². The summed E-state index contributed by atoms with van der Waals surface area (Å²) in [5.74, 6) is 0.262. The third-order valence-corrected chi connectivity index (χ3v) is 3.27. The van der Waals surface area contributed by atoms with Crippen LogP contribution in [-0.2, 0) is 62.9 Å². The molecule has 0 saturated heterocycles. The third-order valence-electron chi connectivity index (χ3n) is 1.19. The van der Waals surface area contributed by atoms with Crippen LogP contribution in [0.25, 0.3) is 0 Å². The summed E-state index contributed by atoms with van der Waals surface area (Å²) in [4.78, 5) is 12.9. The molecule has 1 N–H and O–H groups in total. The molecule has 0 aromatic rings. The van der Waals surface area contributed by atoms with Gasteiger partial charge < -0.3 is 0 Å². The molecule has 0 atom stereocenters. The van der Waals surface area contributed by atoms with E-state index in [1.54, 1.807) is 4.40 Å². The molecule has 70 valence electrons. The van der Waals surface area contributed by atoms with Crippen LogP contribution in [0.4, 0.5) is 0 Å². The zero-order valence-corrected chi connectivity index (χ0v) is 16.0. The topological polar surface area (TPSA) is 44.2 Å². The summed E-state index contributed by atoms with van der Waals surface area (Å²) in [6.07, 6.45) is 0. The molecule has 0 heterocycles. The van der Waals surface area contributed by atoms with Gasteiger partial charge in [-0.3, -0.25) is 0 Å². The Bertz CT molecular complexity index is 298. The summed E-state index contributed by atoms with van der Waals surface area (Å²) in [5, 5.41) is 7.74. The van der Waals surface area contributed by atoms with Crippen molar-refractivity contribution in [3.05, 3.63) is 0 Å². The van der Waals surface area contributed by atoms with Crippen molar-refractivity contribution < 1.29 is 62.9 Å². The van der Waals surface area contributed by atoms with Crippen LogP contribution in [0.3, 0.4) is 0 Å². The van der Waals surface area contributed by atoms with Gasteiger partial charge >= 0.3 is 111 Å². The van der Waals surface area contributed by atoms with Crippen LogP contribution < -0.4 is 0 Å². The van der Waals surface area contributed by atoms with E-state index >= 15 is 0 Å². The van der Waals surface area contributed by atoms with Gasteiger partial charge in [-0.2, -0.15) is 0 Å². The van der Waals surface area contributed by atoms with Crippen LogP contribution in [0.1, 0.15) is 13.8 Å². The van der Waals surface area contributed by atoms with Gasteiger partial charge in [-0.1, -0.05) is 0 Å². The Balaban J connectivity index is 4.93. The molecule has 6 heteroatoms. The molecule has 0 radical (unpaired) electrons. The Labute approximate surface area is 110 Å². The van der Waals surface area contributed by atoms with Crippen molar-refractivity contribution >= 4 is 24.1 Å². The second-order valence-electron chi connectivity index (χ2n) is 2.22.